The number of hydrogen-bond donors (Lipinski definition) is 2. The minimum atomic E-state index is -0.419. The van der Waals surface area contributed by atoms with Gasteiger partial charge in [0.25, 0.3) is 0 Å². The second kappa shape index (κ2) is 5.19. The molecule has 2 aliphatic heterocycles. The summed E-state index contributed by atoms with van der Waals surface area (Å²) in [7, 11) is 0. The predicted molar refractivity (Wildman–Crippen MR) is 77.7 cm³/mol. The fourth-order valence-electron chi connectivity index (χ4n) is 3.55. The van der Waals surface area contributed by atoms with Gasteiger partial charge in [0.05, 0.1) is 0 Å². The number of fused-ring (bicyclic) bond motifs is 1. The third-order valence-electron chi connectivity index (χ3n) is 4.53. The van der Waals surface area contributed by atoms with Crippen LogP contribution in [-0.4, -0.2) is 53.9 Å². The van der Waals surface area contributed by atoms with E-state index < -0.39 is 5.60 Å². The molecule has 2 heterocycles. The lowest BCUT2D eigenvalue weighted by atomic mass is 10.1. The molecule has 0 aromatic carbocycles. The van der Waals surface area contributed by atoms with Crippen LogP contribution in [0.4, 0.5) is 4.79 Å². The molecule has 20 heavy (non-hydrogen) atoms. The van der Waals surface area contributed by atoms with E-state index in [9.17, 15) is 4.79 Å². The molecule has 1 amide bonds. The minimum Gasteiger partial charge on any atom is -0.444 e. The van der Waals surface area contributed by atoms with Gasteiger partial charge in [-0.25, -0.2) is 4.79 Å². The highest BCUT2D eigenvalue weighted by atomic mass is 16.6. The van der Waals surface area contributed by atoms with Gasteiger partial charge in [0.2, 0.25) is 0 Å². The molecule has 2 N–H and O–H groups in total. The predicted octanol–water partition coefficient (Wildman–Crippen LogP) is 1.48. The van der Waals surface area contributed by atoms with Crippen LogP contribution in [0.25, 0.3) is 0 Å². The summed E-state index contributed by atoms with van der Waals surface area (Å²) in [4.78, 5) is 14.3. The van der Waals surface area contributed by atoms with E-state index in [4.69, 9.17) is 4.74 Å². The van der Waals surface area contributed by atoms with Gasteiger partial charge >= 0.3 is 6.09 Å². The molecule has 1 aliphatic carbocycles. The molecule has 1 saturated carbocycles. The lowest BCUT2D eigenvalue weighted by molar-refractivity contribution is 0.0521. The Morgan fingerprint density at radius 3 is 2.70 bits per heavy atom. The number of carbonyl (C=O) groups excluding carboxylic acids is 1. The molecule has 5 heteroatoms. The lowest BCUT2D eigenvalue weighted by Crippen LogP contribution is -2.43. The summed E-state index contributed by atoms with van der Waals surface area (Å²) in [6, 6.07) is 2.04. The normalized spacial score (nSPS) is 36.8. The number of nitrogens with one attached hydrogen (secondary N) is 2. The summed E-state index contributed by atoms with van der Waals surface area (Å²) in [5, 5.41) is 6.69. The Hall–Kier alpha value is -0.810. The van der Waals surface area contributed by atoms with Crippen LogP contribution in [0.1, 0.15) is 46.5 Å². The number of carbonyl (C=O) groups is 1. The summed E-state index contributed by atoms with van der Waals surface area (Å²) in [6.07, 6.45) is 4.66. The fraction of sp³-hybridized carbons (Fsp3) is 0.933. The molecule has 114 valence electrons. The van der Waals surface area contributed by atoms with E-state index in [1.54, 1.807) is 0 Å². The van der Waals surface area contributed by atoms with Crippen molar-refractivity contribution in [3.63, 3.8) is 0 Å². The SMILES string of the molecule is CC(C)(C)OC(=O)NC1CC1NC1CCN2CCCC12. The molecule has 4 atom stereocenters. The maximum Gasteiger partial charge on any atom is 0.407 e. The van der Waals surface area contributed by atoms with Gasteiger partial charge in [0.15, 0.2) is 0 Å². The maximum absolute atomic E-state index is 11.7. The van der Waals surface area contributed by atoms with Crippen LogP contribution in [0.3, 0.4) is 0 Å². The van der Waals surface area contributed by atoms with Crippen molar-refractivity contribution in [2.75, 3.05) is 13.1 Å². The van der Waals surface area contributed by atoms with Gasteiger partial charge in [-0.3, -0.25) is 4.90 Å². The monoisotopic (exact) mass is 281 g/mol. The molecule has 0 bridgehead atoms. The highest BCUT2D eigenvalue weighted by Gasteiger charge is 2.44. The van der Waals surface area contributed by atoms with Gasteiger partial charge in [0.1, 0.15) is 5.60 Å². The molecule has 3 aliphatic rings. The molecule has 4 unspecified atom stereocenters. The number of ether oxygens (including phenoxy) is 1. The maximum atomic E-state index is 11.7. The molecule has 0 aromatic rings. The molecule has 0 radical (unpaired) electrons. The van der Waals surface area contributed by atoms with Crippen molar-refractivity contribution >= 4 is 6.09 Å². The van der Waals surface area contributed by atoms with Crippen LogP contribution in [0.2, 0.25) is 0 Å². The average Bonchev–Trinajstić information content (AvgIpc) is 2.72. The second-order valence-corrected chi connectivity index (χ2v) is 7.40. The van der Waals surface area contributed by atoms with Gasteiger partial charge in [-0.05, 0) is 53.0 Å². The van der Waals surface area contributed by atoms with E-state index in [-0.39, 0.29) is 12.1 Å². The summed E-state index contributed by atoms with van der Waals surface area (Å²) >= 11 is 0. The molecule has 0 aromatic heterocycles. The third kappa shape index (κ3) is 3.26. The Morgan fingerprint density at radius 2 is 1.95 bits per heavy atom. The first-order valence-electron chi connectivity index (χ1n) is 7.92. The molecule has 2 saturated heterocycles. The van der Waals surface area contributed by atoms with Gasteiger partial charge in [-0.2, -0.15) is 0 Å². The fourth-order valence-corrected chi connectivity index (χ4v) is 3.55. The van der Waals surface area contributed by atoms with Gasteiger partial charge in [-0.1, -0.05) is 0 Å². The van der Waals surface area contributed by atoms with Crippen LogP contribution >= 0.6 is 0 Å². The highest BCUT2D eigenvalue weighted by molar-refractivity contribution is 5.68. The van der Waals surface area contributed by atoms with Crippen molar-refractivity contribution in [1.29, 1.82) is 0 Å². The highest BCUT2D eigenvalue weighted by Crippen LogP contribution is 2.31. The Bertz CT molecular complexity index is 380. The molecule has 3 fully saturated rings. The van der Waals surface area contributed by atoms with Crippen molar-refractivity contribution in [3.8, 4) is 0 Å². The smallest absolute Gasteiger partial charge is 0.407 e. The number of alkyl carbamates (subject to hydrolysis) is 1. The van der Waals surface area contributed by atoms with Crippen LogP contribution in [0.5, 0.6) is 0 Å². The first-order valence-corrected chi connectivity index (χ1v) is 7.92. The molecular weight excluding hydrogens is 254 g/mol. The van der Waals surface area contributed by atoms with Crippen molar-refractivity contribution in [2.45, 2.75) is 76.2 Å². The minimum absolute atomic E-state index is 0.250. The Labute approximate surface area is 121 Å². The van der Waals surface area contributed by atoms with Gasteiger partial charge < -0.3 is 15.4 Å². The van der Waals surface area contributed by atoms with E-state index in [1.165, 1.54) is 32.4 Å². The largest absolute Gasteiger partial charge is 0.444 e. The molecule has 5 nitrogen and oxygen atoms in total. The van der Waals surface area contributed by atoms with Crippen molar-refractivity contribution < 1.29 is 9.53 Å². The van der Waals surface area contributed by atoms with Crippen LogP contribution in [0.15, 0.2) is 0 Å². The van der Waals surface area contributed by atoms with Crippen LogP contribution in [-0.2, 0) is 4.74 Å². The molecule has 3 rings (SSSR count). The van der Waals surface area contributed by atoms with Crippen molar-refractivity contribution in [3.05, 3.63) is 0 Å². The third-order valence-corrected chi connectivity index (χ3v) is 4.53. The Morgan fingerprint density at radius 1 is 1.15 bits per heavy atom. The Balaban J connectivity index is 1.40. The summed E-state index contributed by atoms with van der Waals surface area (Å²) in [5.74, 6) is 0. The summed E-state index contributed by atoms with van der Waals surface area (Å²) in [6.45, 7) is 8.18. The quantitative estimate of drug-likeness (QED) is 0.823. The average molecular weight is 281 g/mol. The zero-order valence-corrected chi connectivity index (χ0v) is 12.8. The van der Waals surface area contributed by atoms with Crippen LogP contribution < -0.4 is 10.6 Å². The van der Waals surface area contributed by atoms with Crippen molar-refractivity contribution in [1.82, 2.24) is 15.5 Å². The Kier molecular flexibility index (Phi) is 3.67. The van der Waals surface area contributed by atoms with Gasteiger partial charge in [0, 0.05) is 30.7 Å². The topological polar surface area (TPSA) is 53.6 Å². The number of hydrogen-bond acceptors (Lipinski definition) is 4. The zero-order chi connectivity index (χ0) is 14.3. The summed E-state index contributed by atoms with van der Waals surface area (Å²) < 4.78 is 5.29. The molecular formula is C15H27N3O2. The lowest BCUT2D eigenvalue weighted by Gasteiger charge is -2.22. The van der Waals surface area contributed by atoms with Crippen molar-refractivity contribution in [2.24, 2.45) is 0 Å². The van der Waals surface area contributed by atoms with E-state index >= 15 is 0 Å². The number of rotatable bonds is 3. The number of nitrogens with zero attached hydrogens (tertiary/aromatic N) is 1. The molecule has 0 spiro atoms. The number of amides is 1. The van der Waals surface area contributed by atoms with E-state index in [1.807, 2.05) is 20.8 Å². The standard InChI is InChI=1S/C15H27N3O2/c1-15(2,3)20-14(19)17-12-9-11(12)16-10-6-8-18-7-4-5-13(10)18/h10-13,16H,4-9H2,1-3H3,(H,17,19). The van der Waals surface area contributed by atoms with Gasteiger partial charge in [-0.15, -0.1) is 0 Å². The van der Waals surface area contributed by atoms with E-state index in [0.717, 1.165) is 12.5 Å². The zero-order valence-electron chi connectivity index (χ0n) is 12.8. The van der Waals surface area contributed by atoms with E-state index in [2.05, 4.69) is 15.5 Å². The summed E-state index contributed by atoms with van der Waals surface area (Å²) in [5.41, 5.74) is -0.419. The van der Waals surface area contributed by atoms with E-state index in [0.29, 0.717) is 12.1 Å². The first kappa shape index (κ1) is 14.1. The second-order valence-electron chi connectivity index (χ2n) is 7.40. The van der Waals surface area contributed by atoms with Crippen LogP contribution in [0, 0.1) is 0 Å². The first-order chi connectivity index (χ1) is 9.42.